The van der Waals surface area contributed by atoms with E-state index in [9.17, 15) is 13.6 Å². The summed E-state index contributed by atoms with van der Waals surface area (Å²) in [6.45, 7) is 1.31. The molecule has 0 bridgehead atoms. The van der Waals surface area contributed by atoms with Crippen LogP contribution in [-0.2, 0) is 15.5 Å². The van der Waals surface area contributed by atoms with Gasteiger partial charge in [-0.05, 0) is 41.6 Å². The lowest BCUT2D eigenvalue weighted by Gasteiger charge is -2.14. The van der Waals surface area contributed by atoms with Crippen LogP contribution in [-0.4, -0.2) is 27.5 Å². The van der Waals surface area contributed by atoms with Gasteiger partial charge in [-0.3, -0.25) is 4.98 Å². The van der Waals surface area contributed by atoms with E-state index in [1.807, 2.05) is 22.6 Å². The maximum Gasteiger partial charge on any atom is 0.384 e. The van der Waals surface area contributed by atoms with Crippen molar-refractivity contribution in [1.82, 2.24) is 15.0 Å². The predicted molar refractivity (Wildman–Crippen MR) is 79.6 cm³/mol. The molecule has 2 aromatic rings. The number of alkyl halides is 2. The molecule has 0 saturated carbocycles. The number of ether oxygens (including phenoxy) is 2. The molecule has 2 aromatic heterocycles. The van der Waals surface area contributed by atoms with Gasteiger partial charge in [0.15, 0.2) is 0 Å². The molecule has 0 N–H and O–H groups in total. The Bertz CT molecular complexity index is 668. The maximum absolute atomic E-state index is 13.8. The Morgan fingerprint density at radius 1 is 1.32 bits per heavy atom. The highest BCUT2D eigenvalue weighted by atomic mass is 127. The van der Waals surface area contributed by atoms with E-state index >= 15 is 0 Å². The number of rotatable bonds is 5. The van der Waals surface area contributed by atoms with Gasteiger partial charge in [0.2, 0.25) is 5.88 Å². The normalized spacial score (nSPS) is 11.1. The van der Waals surface area contributed by atoms with Crippen LogP contribution in [0.4, 0.5) is 8.78 Å². The fourth-order valence-electron chi connectivity index (χ4n) is 1.44. The average Bonchev–Trinajstić information content (AvgIpc) is 2.50. The van der Waals surface area contributed by atoms with Gasteiger partial charge in [0, 0.05) is 6.20 Å². The number of aromatic nitrogens is 3. The maximum atomic E-state index is 13.8. The van der Waals surface area contributed by atoms with E-state index in [1.165, 1.54) is 19.3 Å². The van der Waals surface area contributed by atoms with Gasteiger partial charge in [-0.2, -0.15) is 8.78 Å². The van der Waals surface area contributed by atoms with Crippen molar-refractivity contribution in [2.24, 2.45) is 0 Å². The summed E-state index contributed by atoms with van der Waals surface area (Å²) in [5, 5.41) is 0. The van der Waals surface area contributed by atoms with E-state index in [0.717, 1.165) is 12.3 Å². The van der Waals surface area contributed by atoms with E-state index in [2.05, 4.69) is 19.7 Å². The third kappa shape index (κ3) is 3.64. The number of pyridine rings is 1. The van der Waals surface area contributed by atoms with Gasteiger partial charge in [-0.25, -0.2) is 14.8 Å². The largest absolute Gasteiger partial charge is 0.461 e. The molecule has 2 rings (SSSR count). The predicted octanol–water partition coefficient (Wildman–Crippen LogP) is 2.92. The van der Waals surface area contributed by atoms with Crippen LogP contribution >= 0.6 is 22.6 Å². The Kier molecular flexibility index (Phi) is 5.16. The number of hydrogen-bond acceptors (Lipinski definition) is 6. The summed E-state index contributed by atoms with van der Waals surface area (Å²) < 4.78 is 37.9. The lowest BCUT2D eigenvalue weighted by atomic mass is 10.2. The van der Waals surface area contributed by atoms with Gasteiger partial charge >= 0.3 is 11.9 Å². The van der Waals surface area contributed by atoms with E-state index in [1.54, 1.807) is 6.20 Å². The van der Waals surface area contributed by atoms with E-state index < -0.39 is 17.6 Å². The highest BCUT2D eigenvalue weighted by Gasteiger charge is 2.44. The Morgan fingerprint density at radius 3 is 2.68 bits per heavy atom. The van der Waals surface area contributed by atoms with Crippen LogP contribution in [0.3, 0.4) is 0 Å². The molecule has 0 aliphatic carbocycles. The minimum atomic E-state index is -3.81. The fraction of sp³-hybridized carbons (Fsp3) is 0.231. The standard InChI is InChI=1S/C13H10F2IN3O3/c1-2-21-12(20)13(14,15)10-4-3-8(5-18-10)22-11-9(16)6-17-7-19-11/h3-7H,2H2,1H3. The molecule has 0 unspecified atom stereocenters. The molecule has 0 atom stereocenters. The van der Waals surface area contributed by atoms with Gasteiger partial charge < -0.3 is 9.47 Å². The summed E-state index contributed by atoms with van der Waals surface area (Å²) in [6.07, 6.45) is 3.93. The van der Waals surface area contributed by atoms with Gasteiger partial charge in [0.1, 0.15) is 17.8 Å². The smallest absolute Gasteiger partial charge is 0.384 e. The van der Waals surface area contributed by atoms with Crippen LogP contribution in [0, 0.1) is 3.57 Å². The third-order valence-corrected chi connectivity index (χ3v) is 3.18. The summed E-state index contributed by atoms with van der Waals surface area (Å²) >= 11 is 1.97. The Labute approximate surface area is 138 Å². The molecule has 2 heterocycles. The Balaban J connectivity index is 2.17. The number of esters is 1. The molecule has 0 aliphatic heterocycles. The van der Waals surface area contributed by atoms with Crippen molar-refractivity contribution in [2.45, 2.75) is 12.8 Å². The molecule has 0 spiro atoms. The molecule has 9 heteroatoms. The minimum absolute atomic E-state index is 0.137. The van der Waals surface area contributed by atoms with Crippen LogP contribution < -0.4 is 4.74 Å². The second-order valence-corrected chi connectivity index (χ2v) is 5.11. The third-order valence-electron chi connectivity index (χ3n) is 2.44. The van der Waals surface area contributed by atoms with E-state index in [4.69, 9.17) is 4.74 Å². The van der Waals surface area contributed by atoms with Crippen molar-refractivity contribution in [3.05, 3.63) is 40.1 Å². The molecule has 0 saturated heterocycles. The monoisotopic (exact) mass is 421 g/mol. The van der Waals surface area contributed by atoms with Crippen LogP contribution in [0.25, 0.3) is 0 Å². The highest BCUT2D eigenvalue weighted by molar-refractivity contribution is 14.1. The van der Waals surface area contributed by atoms with Crippen LogP contribution in [0.5, 0.6) is 11.6 Å². The zero-order valence-electron chi connectivity index (χ0n) is 11.3. The first kappa shape index (κ1) is 16.5. The van der Waals surface area contributed by atoms with Crippen molar-refractivity contribution >= 4 is 28.6 Å². The van der Waals surface area contributed by atoms with Crippen LogP contribution in [0.1, 0.15) is 12.6 Å². The number of carbonyl (C=O) groups is 1. The zero-order chi connectivity index (χ0) is 16.2. The molecular formula is C13H10F2IN3O3. The van der Waals surface area contributed by atoms with E-state index in [0.29, 0.717) is 3.57 Å². The molecule has 22 heavy (non-hydrogen) atoms. The number of hydrogen-bond donors (Lipinski definition) is 0. The summed E-state index contributed by atoms with van der Waals surface area (Å²) in [5.74, 6) is -4.96. The molecule has 0 aromatic carbocycles. The number of nitrogens with zero attached hydrogens (tertiary/aromatic N) is 3. The Hall–Kier alpha value is -1.91. The summed E-state index contributed by atoms with van der Waals surface area (Å²) in [4.78, 5) is 22.5. The molecule has 116 valence electrons. The first-order valence-electron chi connectivity index (χ1n) is 6.10. The molecule has 0 radical (unpaired) electrons. The van der Waals surface area contributed by atoms with Gasteiger partial charge in [-0.15, -0.1) is 0 Å². The van der Waals surface area contributed by atoms with Gasteiger partial charge in [0.05, 0.1) is 16.4 Å². The molecule has 0 amide bonds. The quantitative estimate of drug-likeness (QED) is 0.546. The fourth-order valence-corrected chi connectivity index (χ4v) is 1.85. The van der Waals surface area contributed by atoms with Crippen LogP contribution in [0.2, 0.25) is 0 Å². The lowest BCUT2D eigenvalue weighted by Crippen LogP contribution is -2.29. The van der Waals surface area contributed by atoms with Crippen molar-refractivity contribution in [1.29, 1.82) is 0 Å². The molecule has 0 fully saturated rings. The van der Waals surface area contributed by atoms with E-state index in [-0.39, 0.29) is 18.2 Å². The number of carbonyl (C=O) groups excluding carboxylic acids is 1. The number of halogens is 3. The first-order chi connectivity index (χ1) is 10.4. The molecule has 0 aliphatic rings. The summed E-state index contributed by atoms with van der Waals surface area (Å²) in [5.41, 5.74) is -0.712. The van der Waals surface area contributed by atoms with Crippen LogP contribution in [0.15, 0.2) is 30.9 Å². The zero-order valence-corrected chi connectivity index (χ0v) is 13.5. The second kappa shape index (κ2) is 6.90. The first-order valence-corrected chi connectivity index (χ1v) is 7.18. The van der Waals surface area contributed by atoms with Gasteiger partial charge in [-0.1, -0.05) is 0 Å². The lowest BCUT2D eigenvalue weighted by molar-refractivity contribution is -0.173. The minimum Gasteiger partial charge on any atom is -0.461 e. The second-order valence-electron chi connectivity index (χ2n) is 3.95. The topological polar surface area (TPSA) is 74.2 Å². The Morgan fingerprint density at radius 2 is 2.09 bits per heavy atom. The van der Waals surface area contributed by atoms with Crippen molar-refractivity contribution < 1.29 is 23.0 Å². The van der Waals surface area contributed by atoms with Gasteiger partial charge in [0.25, 0.3) is 0 Å². The highest BCUT2D eigenvalue weighted by Crippen LogP contribution is 2.30. The average molecular weight is 421 g/mol. The van der Waals surface area contributed by atoms with Crippen molar-refractivity contribution in [3.63, 3.8) is 0 Å². The SMILES string of the molecule is CCOC(=O)C(F)(F)c1ccc(Oc2ncncc2I)cn1. The molecular weight excluding hydrogens is 411 g/mol. The molecule has 6 nitrogen and oxygen atoms in total. The van der Waals surface area contributed by atoms with Crippen molar-refractivity contribution in [3.8, 4) is 11.6 Å². The van der Waals surface area contributed by atoms with Crippen molar-refractivity contribution in [2.75, 3.05) is 6.61 Å². The summed E-state index contributed by atoms with van der Waals surface area (Å²) in [6, 6.07) is 2.27. The summed E-state index contributed by atoms with van der Waals surface area (Å²) in [7, 11) is 0.